The number of aromatic nitrogens is 1. The van der Waals surface area contributed by atoms with Crippen molar-refractivity contribution in [2.75, 3.05) is 13.7 Å². The lowest BCUT2D eigenvalue weighted by atomic mass is 9.94. The summed E-state index contributed by atoms with van der Waals surface area (Å²) in [5.74, 6) is -0.380. The Balaban J connectivity index is 1.93. The third-order valence-electron chi connectivity index (χ3n) is 4.67. The van der Waals surface area contributed by atoms with Crippen LogP contribution in [0, 0.1) is 5.92 Å². The third-order valence-corrected chi connectivity index (χ3v) is 4.67. The lowest BCUT2D eigenvalue weighted by molar-refractivity contribution is -0.134. The van der Waals surface area contributed by atoms with Crippen molar-refractivity contribution in [1.29, 1.82) is 0 Å². The Labute approximate surface area is 143 Å². The highest BCUT2D eigenvalue weighted by molar-refractivity contribution is 5.79. The molecule has 0 aromatic carbocycles. The molecular weight excluding hydrogens is 306 g/mol. The number of nitrogens with zero attached hydrogens (tertiary/aromatic N) is 2. The van der Waals surface area contributed by atoms with Gasteiger partial charge in [-0.2, -0.15) is 0 Å². The maximum Gasteiger partial charge on any atom is 0.225 e. The van der Waals surface area contributed by atoms with Crippen LogP contribution in [-0.2, 0) is 20.7 Å². The van der Waals surface area contributed by atoms with Gasteiger partial charge in [-0.25, -0.2) is 0 Å². The maximum absolute atomic E-state index is 12.6. The molecule has 1 saturated heterocycles. The number of ether oxygens (including phenoxy) is 1. The number of carbonyl (C=O) groups is 2. The molecular formula is C18H27N3O3. The number of hydrogen-bond acceptors (Lipinski definition) is 4. The second-order valence-corrected chi connectivity index (χ2v) is 6.48. The number of amides is 2. The molecule has 1 N–H and O–H groups in total. The summed E-state index contributed by atoms with van der Waals surface area (Å²) < 4.78 is 5.58. The molecule has 6 nitrogen and oxygen atoms in total. The van der Waals surface area contributed by atoms with Crippen LogP contribution in [-0.4, -0.2) is 54.0 Å². The van der Waals surface area contributed by atoms with Crippen molar-refractivity contribution in [2.24, 2.45) is 5.92 Å². The summed E-state index contributed by atoms with van der Waals surface area (Å²) >= 11 is 0. The molecule has 2 amide bonds. The zero-order valence-electron chi connectivity index (χ0n) is 14.6. The van der Waals surface area contributed by atoms with Crippen LogP contribution in [0.3, 0.4) is 0 Å². The highest BCUT2D eigenvalue weighted by Crippen LogP contribution is 2.25. The van der Waals surface area contributed by atoms with Crippen LogP contribution in [0.25, 0.3) is 0 Å². The molecule has 2 heterocycles. The maximum atomic E-state index is 12.6. The van der Waals surface area contributed by atoms with Crippen molar-refractivity contribution in [3.05, 3.63) is 30.1 Å². The van der Waals surface area contributed by atoms with Gasteiger partial charge in [-0.3, -0.25) is 14.6 Å². The molecule has 24 heavy (non-hydrogen) atoms. The summed E-state index contributed by atoms with van der Waals surface area (Å²) in [6.45, 7) is 4.56. The van der Waals surface area contributed by atoms with E-state index in [2.05, 4.69) is 10.3 Å². The minimum absolute atomic E-state index is 0.0156. The van der Waals surface area contributed by atoms with E-state index in [4.69, 9.17) is 4.74 Å². The lowest BCUT2D eigenvalue weighted by Gasteiger charge is -2.32. The van der Waals surface area contributed by atoms with E-state index < -0.39 is 0 Å². The fourth-order valence-corrected chi connectivity index (χ4v) is 3.40. The van der Waals surface area contributed by atoms with Crippen LogP contribution in [0.15, 0.2) is 24.4 Å². The van der Waals surface area contributed by atoms with E-state index in [9.17, 15) is 9.59 Å². The van der Waals surface area contributed by atoms with Crippen molar-refractivity contribution in [3.8, 4) is 0 Å². The number of likely N-dealkylation sites (tertiary alicyclic amines) is 1. The van der Waals surface area contributed by atoms with Crippen molar-refractivity contribution >= 4 is 12.3 Å². The predicted octanol–water partition coefficient (Wildman–Crippen LogP) is 1.40. The fourth-order valence-electron chi connectivity index (χ4n) is 3.40. The molecule has 4 unspecified atom stereocenters. The van der Waals surface area contributed by atoms with Gasteiger partial charge in [0.05, 0.1) is 18.1 Å². The minimum Gasteiger partial charge on any atom is -0.378 e. The molecule has 0 radical (unpaired) electrons. The van der Waals surface area contributed by atoms with Crippen LogP contribution in [0.4, 0.5) is 0 Å². The zero-order valence-corrected chi connectivity index (χ0v) is 14.6. The monoisotopic (exact) mass is 333 g/mol. The van der Waals surface area contributed by atoms with Gasteiger partial charge in [0, 0.05) is 38.0 Å². The standard InChI is InChI=1S/C18H27N3O3/c1-13(11-15-7-4-5-9-19-15)20-18(23)14(2)17(24-3)16-8-6-10-21(16)12-22/h4-5,7,9,12-14,16-17H,6,8,10-11H2,1-3H3,(H,20,23). The molecule has 4 atom stereocenters. The predicted molar refractivity (Wildman–Crippen MR) is 91.3 cm³/mol. The lowest BCUT2D eigenvalue weighted by Crippen LogP contribution is -2.49. The Kier molecular flexibility index (Phi) is 6.73. The number of hydrogen-bond donors (Lipinski definition) is 1. The summed E-state index contributed by atoms with van der Waals surface area (Å²) in [5.41, 5.74) is 0.948. The first-order valence-electron chi connectivity index (χ1n) is 8.51. The second-order valence-electron chi connectivity index (χ2n) is 6.48. The Bertz CT molecular complexity index is 538. The van der Waals surface area contributed by atoms with E-state index in [-0.39, 0.29) is 30.0 Å². The summed E-state index contributed by atoms with van der Waals surface area (Å²) in [6.07, 6.45) is 4.83. The molecule has 1 aliphatic rings. The smallest absolute Gasteiger partial charge is 0.225 e. The zero-order chi connectivity index (χ0) is 17.5. The molecule has 1 aliphatic heterocycles. The van der Waals surface area contributed by atoms with Gasteiger partial charge in [-0.1, -0.05) is 13.0 Å². The van der Waals surface area contributed by atoms with Crippen LogP contribution in [0.1, 0.15) is 32.4 Å². The Morgan fingerprint density at radius 3 is 2.92 bits per heavy atom. The molecule has 1 fully saturated rings. The number of methoxy groups -OCH3 is 1. The molecule has 0 saturated carbocycles. The van der Waals surface area contributed by atoms with Crippen LogP contribution in [0.2, 0.25) is 0 Å². The molecule has 1 aromatic heterocycles. The number of carbonyl (C=O) groups excluding carboxylic acids is 2. The molecule has 1 aromatic rings. The van der Waals surface area contributed by atoms with Gasteiger partial charge in [0.2, 0.25) is 12.3 Å². The Morgan fingerprint density at radius 1 is 1.50 bits per heavy atom. The third kappa shape index (κ3) is 4.54. The summed E-state index contributed by atoms with van der Waals surface area (Å²) in [7, 11) is 1.60. The second kappa shape index (κ2) is 8.78. The topological polar surface area (TPSA) is 71.5 Å². The van der Waals surface area contributed by atoms with Gasteiger partial charge in [0.15, 0.2) is 0 Å². The molecule has 2 rings (SSSR count). The SMILES string of the molecule is COC(C(C)C(=O)NC(C)Cc1ccccn1)C1CCCN1C=O. The molecule has 132 valence electrons. The van der Waals surface area contributed by atoms with Crippen molar-refractivity contribution in [2.45, 2.75) is 51.3 Å². The van der Waals surface area contributed by atoms with Crippen molar-refractivity contribution in [1.82, 2.24) is 15.2 Å². The number of rotatable bonds is 8. The highest BCUT2D eigenvalue weighted by Gasteiger charge is 2.37. The van der Waals surface area contributed by atoms with E-state index in [1.807, 2.05) is 32.0 Å². The fraction of sp³-hybridized carbons (Fsp3) is 0.611. The Morgan fingerprint density at radius 2 is 2.29 bits per heavy atom. The van der Waals surface area contributed by atoms with Gasteiger partial charge in [-0.05, 0) is 31.9 Å². The van der Waals surface area contributed by atoms with E-state index in [0.29, 0.717) is 6.42 Å². The number of nitrogens with one attached hydrogen (secondary N) is 1. The quantitative estimate of drug-likeness (QED) is 0.730. The summed E-state index contributed by atoms with van der Waals surface area (Å²) in [6, 6.07) is 5.72. The molecule has 0 spiro atoms. The Hall–Kier alpha value is -1.95. The van der Waals surface area contributed by atoms with Gasteiger partial charge >= 0.3 is 0 Å². The van der Waals surface area contributed by atoms with Gasteiger partial charge < -0.3 is 15.0 Å². The van der Waals surface area contributed by atoms with E-state index in [1.165, 1.54) is 0 Å². The first-order chi connectivity index (χ1) is 11.6. The summed E-state index contributed by atoms with van der Waals surface area (Å²) in [4.78, 5) is 29.8. The van der Waals surface area contributed by atoms with Crippen LogP contribution < -0.4 is 5.32 Å². The highest BCUT2D eigenvalue weighted by atomic mass is 16.5. The summed E-state index contributed by atoms with van der Waals surface area (Å²) in [5, 5.41) is 3.03. The molecule has 0 aliphatic carbocycles. The van der Waals surface area contributed by atoms with Gasteiger partial charge in [-0.15, -0.1) is 0 Å². The van der Waals surface area contributed by atoms with E-state index in [0.717, 1.165) is 31.5 Å². The molecule has 0 bridgehead atoms. The van der Waals surface area contributed by atoms with Crippen molar-refractivity contribution < 1.29 is 14.3 Å². The number of pyridine rings is 1. The van der Waals surface area contributed by atoms with Gasteiger partial charge in [0.1, 0.15) is 0 Å². The molecule has 6 heteroatoms. The van der Waals surface area contributed by atoms with Crippen LogP contribution >= 0.6 is 0 Å². The van der Waals surface area contributed by atoms with Crippen LogP contribution in [0.5, 0.6) is 0 Å². The minimum atomic E-state index is -0.327. The van der Waals surface area contributed by atoms with Crippen molar-refractivity contribution in [3.63, 3.8) is 0 Å². The van der Waals surface area contributed by atoms with E-state index in [1.54, 1.807) is 18.2 Å². The average molecular weight is 333 g/mol. The first-order valence-corrected chi connectivity index (χ1v) is 8.51. The largest absolute Gasteiger partial charge is 0.378 e. The normalized spacial score (nSPS) is 21.1. The first kappa shape index (κ1) is 18.4. The van der Waals surface area contributed by atoms with Gasteiger partial charge in [0.25, 0.3) is 0 Å². The average Bonchev–Trinajstić information content (AvgIpc) is 3.04. The van der Waals surface area contributed by atoms with E-state index >= 15 is 0 Å².